The van der Waals surface area contributed by atoms with E-state index in [1.165, 1.54) is 12.1 Å². The van der Waals surface area contributed by atoms with Gasteiger partial charge < -0.3 is 5.73 Å². The summed E-state index contributed by atoms with van der Waals surface area (Å²) in [6.45, 7) is 0. The van der Waals surface area contributed by atoms with Crippen molar-refractivity contribution in [2.45, 2.75) is 25.1 Å². The molecule has 1 atom stereocenters. The van der Waals surface area contributed by atoms with Crippen LogP contribution in [0.5, 0.6) is 0 Å². The molecule has 0 saturated carbocycles. The van der Waals surface area contributed by atoms with E-state index in [4.69, 9.17) is 5.73 Å². The Kier molecular flexibility index (Phi) is 3.31. The standard InChI is InChI=1S/C10H10F3N.ClH/c11-10(12,13)7-3-1-6-2-4-9(14)8(6)5-7;/h1,3,5,9H,2,4,14H2;1H/t9-;/m1./s1. The van der Waals surface area contributed by atoms with Gasteiger partial charge in [-0.05, 0) is 36.1 Å². The summed E-state index contributed by atoms with van der Waals surface area (Å²) in [6, 6.07) is 3.60. The minimum atomic E-state index is -4.27. The minimum Gasteiger partial charge on any atom is -0.324 e. The Morgan fingerprint density at radius 1 is 1.27 bits per heavy atom. The fourth-order valence-corrected chi connectivity index (χ4v) is 1.81. The van der Waals surface area contributed by atoms with Crippen molar-refractivity contribution in [3.8, 4) is 0 Å². The topological polar surface area (TPSA) is 26.0 Å². The fourth-order valence-electron chi connectivity index (χ4n) is 1.81. The van der Waals surface area contributed by atoms with Crippen molar-refractivity contribution >= 4 is 12.4 Å². The Labute approximate surface area is 91.9 Å². The molecule has 84 valence electrons. The summed E-state index contributed by atoms with van der Waals surface area (Å²) in [7, 11) is 0. The van der Waals surface area contributed by atoms with Crippen molar-refractivity contribution in [2.75, 3.05) is 0 Å². The van der Waals surface area contributed by atoms with Crippen molar-refractivity contribution in [1.82, 2.24) is 0 Å². The molecule has 0 heterocycles. The first-order valence-corrected chi connectivity index (χ1v) is 4.44. The lowest BCUT2D eigenvalue weighted by molar-refractivity contribution is -0.137. The molecule has 15 heavy (non-hydrogen) atoms. The van der Waals surface area contributed by atoms with Crippen molar-refractivity contribution in [2.24, 2.45) is 5.73 Å². The molecular weight excluding hydrogens is 227 g/mol. The van der Waals surface area contributed by atoms with E-state index in [0.717, 1.165) is 24.5 Å². The molecule has 1 aromatic carbocycles. The number of fused-ring (bicyclic) bond motifs is 1. The van der Waals surface area contributed by atoms with E-state index in [2.05, 4.69) is 0 Å². The maximum absolute atomic E-state index is 12.3. The molecule has 0 aliphatic heterocycles. The van der Waals surface area contributed by atoms with Crippen LogP contribution >= 0.6 is 12.4 Å². The van der Waals surface area contributed by atoms with Crippen LogP contribution in [0, 0.1) is 0 Å². The quantitative estimate of drug-likeness (QED) is 0.737. The summed E-state index contributed by atoms with van der Waals surface area (Å²) < 4.78 is 37.0. The molecule has 1 aromatic rings. The Balaban J connectivity index is 0.00000112. The van der Waals surface area contributed by atoms with Gasteiger partial charge in [0.15, 0.2) is 0 Å². The number of halogens is 4. The summed E-state index contributed by atoms with van der Waals surface area (Å²) in [5, 5.41) is 0. The van der Waals surface area contributed by atoms with Crippen molar-refractivity contribution < 1.29 is 13.2 Å². The SMILES string of the molecule is Cl.N[C@@H]1CCc2ccc(C(F)(F)F)cc21. The van der Waals surface area contributed by atoms with E-state index in [-0.39, 0.29) is 18.4 Å². The molecule has 1 nitrogen and oxygen atoms in total. The first-order chi connectivity index (χ1) is 6.48. The zero-order valence-corrected chi connectivity index (χ0v) is 8.66. The van der Waals surface area contributed by atoms with Gasteiger partial charge in [0.05, 0.1) is 5.56 Å². The van der Waals surface area contributed by atoms with Crippen molar-refractivity contribution in [3.05, 3.63) is 34.9 Å². The van der Waals surface area contributed by atoms with Crippen LogP contribution in [0.4, 0.5) is 13.2 Å². The zero-order chi connectivity index (χ0) is 10.3. The Bertz CT molecular complexity index is 362. The Morgan fingerprint density at radius 2 is 1.93 bits per heavy atom. The van der Waals surface area contributed by atoms with Crippen LogP contribution in [0.2, 0.25) is 0 Å². The van der Waals surface area contributed by atoms with Gasteiger partial charge in [0, 0.05) is 6.04 Å². The summed E-state index contributed by atoms with van der Waals surface area (Å²) in [5.41, 5.74) is 6.69. The highest BCUT2D eigenvalue weighted by Gasteiger charge is 2.32. The van der Waals surface area contributed by atoms with Crippen LogP contribution in [0.1, 0.15) is 29.2 Å². The zero-order valence-electron chi connectivity index (χ0n) is 7.84. The summed E-state index contributed by atoms with van der Waals surface area (Å²) in [5.74, 6) is 0. The molecule has 5 heteroatoms. The smallest absolute Gasteiger partial charge is 0.324 e. The van der Waals surface area contributed by atoms with Gasteiger partial charge in [-0.3, -0.25) is 0 Å². The maximum atomic E-state index is 12.3. The average Bonchev–Trinajstić information content (AvgIpc) is 2.46. The first-order valence-electron chi connectivity index (χ1n) is 4.44. The van der Waals surface area contributed by atoms with Crippen LogP contribution in [0.15, 0.2) is 18.2 Å². The normalized spacial score (nSPS) is 19.6. The van der Waals surface area contributed by atoms with E-state index in [0.29, 0.717) is 5.56 Å². The largest absolute Gasteiger partial charge is 0.416 e. The van der Waals surface area contributed by atoms with Crippen LogP contribution in [-0.4, -0.2) is 0 Å². The second-order valence-electron chi connectivity index (χ2n) is 3.56. The molecule has 1 aliphatic rings. The number of alkyl halides is 3. The van der Waals surface area contributed by atoms with Crippen LogP contribution < -0.4 is 5.73 Å². The summed E-state index contributed by atoms with van der Waals surface area (Å²) in [6.07, 6.45) is -2.73. The highest BCUT2D eigenvalue weighted by molar-refractivity contribution is 5.85. The van der Waals surface area contributed by atoms with Gasteiger partial charge in [0.2, 0.25) is 0 Å². The number of hydrogen-bond donors (Lipinski definition) is 1. The minimum absolute atomic E-state index is 0. The molecular formula is C10H11ClF3N. The molecule has 0 bridgehead atoms. The molecule has 0 fully saturated rings. The second-order valence-corrected chi connectivity index (χ2v) is 3.56. The van der Waals surface area contributed by atoms with Gasteiger partial charge in [-0.15, -0.1) is 12.4 Å². The highest BCUT2D eigenvalue weighted by Crippen LogP contribution is 2.35. The van der Waals surface area contributed by atoms with Crippen LogP contribution in [0.3, 0.4) is 0 Å². The third-order valence-electron chi connectivity index (χ3n) is 2.60. The van der Waals surface area contributed by atoms with Gasteiger partial charge in [-0.2, -0.15) is 13.2 Å². The van der Waals surface area contributed by atoms with E-state index >= 15 is 0 Å². The first kappa shape index (κ1) is 12.3. The lowest BCUT2D eigenvalue weighted by atomic mass is 10.0. The van der Waals surface area contributed by atoms with Crippen LogP contribution in [0.25, 0.3) is 0 Å². The Hall–Kier alpha value is -0.740. The summed E-state index contributed by atoms with van der Waals surface area (Å²) in [4.78, 5) is 0. The Morgan fingerprint density at radius 3 is 2.53 bits per heavy atom. The van der Waals surface area contributed by atoms with Crippen LogP contribution in [-0.2, 0) is 12.6 Å². The van der Waals surface area contributed by atoms with E-state index in [1.54, 1.807) is 0 Å². The predicted molar refractivity (Wildman–Crippen MR) is 53.9 cm³/mol. The molecule has 1 aliphatic carbocycles. The number of benzene rings is 1. The van der Waals surface area contributed by atoms with Gasteiger partial charge >= 0.3 is 6.18 Å². The second kappa shape index (κ2) is 4.02. The third kappa shape index (κ3) is 2.26. The van der Waals surface area contributed by atoms with Crippen molar-refractivity contribution in [1.29, 1.82) is 0 Å². The molecule has 0 amide bonds. The van der Waals surface area contributed by atoms with Crippen molar-refractivity contribution in [3.63, 3.8) is 0 Å². The predicted octanol–water partition coefficient (Wildman–Crippen LogP) is 3.07. The number of aryl methyl sites for hydroxylation is 1. The lowest BCUT2D eigenvalue weighted by Crippen LogP contribution is -2.09. The molecule has 0 saturated heterocycles. The molecule has 0 spiro atoms. The van der Waals surface area contributed by atoms with Gasteiger partial charge in [-0.1, -0.05) is 6.07 Å². The molecule has 2 N–H and O–H groups in total. The molecule has 0 aromatic heterocycles. The molecule has 2 rings (SSSR count). The maximum Gasteiger partial charge on any atom is 0.416 e. The lowest BCUT2D eigenvalue weighted by Gasteiger charge is -2.10. The fraction of sp³-hybridized carbons (Fsp3) is 0.400. The van der Waals surface area contributed by atoms with E-state index in [9.17, 15) is 13.2 Å². The highest BCUT2D eigenvalue weighted by atomic mass is 35.5. The van der Waals surface area contributed by atoms with Gasteiger partial charge in [0.1, 0.15) is 0 Å². The molecule has 0 radical (unpaired) electrons. The number of hydrogen-bond acceptors (Lipinski definition) is 1. The number of rotatable bonds is 0. The van der Waals surface area contributed by atoms with Gasteiger partial charge in [-0.25, -0.2) is 0 Å². The molecule has 0 unspecified atom stereocenters. The summed E-state index contributed by atoms with van der Waals surface area (Å²) >= 11 is 0. The van der Waals surface area contributed by atoms with E-state index in [1.807, 2.05) is 0 Å². The van der Waals surface area contributed by atoms with Gasteiger partial charge in [0.25, 0.3) is 0 Å². The third-order valence-corrected chi connectivity index (χ3v) is 2.60. The monoisotopic (exact) mass is 237 g/mol. The average molecular weight is 238 g/mol. The van der Waals surface area contributed by atoms with E-state index < -0.39 is 11.7 Å². The number of nitrogens with two attached hydrogens (primary N) is 1.